The van der Waals surface area contributed by atoms with Crippen LogP contribution in [0, 0.1) is 59.2 Å². The number of primary amides is 6. The Labute approximate surface area is 523 Å². The second-order valence-electron chi connectivity index (χ2n) is 27.1. The summed E-state index contributed by atoms with van der Waals surface area (Å²) in [6.45, 7) is 19.3. The number of carbonyl (C=O) groups is 7. The molecule has 2 fully saturated rings. The van der Waals surface area contributed by atoms with Crippen molar-refractivity contribution in [1.82, 2.24) is 20.2 Å². The number of aromatic nitrogens is 2. The lowest BCUT2D eigenvalue weighted by Crippen LogP contribution is -2.56. The van der Waals surface area contributed by atoms with Gasteiger partial charge >= 0.3 is 7.82 Å². The molecular formula is C62H90N13O14P. The van der Waals surface area contributed by atoms with E-state index in [1.165, 1.54) is 13.3 Å². The maximum Gasteiger partial charge on any atom is 0.472 e. The van der Waals surface area contributed by atoms with Crippen LogP contribution in [0.1, 0.15) is 150 Å². The summed E-state index contributed by atoms with van der Waals surface area (Å²) in [6.07, 6.45) is -4.26. The minimum atomic E-state index is -5.07. The van der Waals surface area contributed by atoms with E-state index in [1.807, 2.05) is 87.4 Å². The van der Waals surface area contributed by atoms with E-state index in [1.54, 1.807) is 4.57 Å². The van der Waals surface area contributed by atoms with Gasteiger partial charge in [0.05, 0.1) is 41.7 Å². The number of nitrogens with two attached hydrogens (primary N) is 6. The number of aliphatic hydroxyl groups excluding tert-OH is 2. The minimum Gasteiger partial charge on any atom is -0.394 e. The molecule has 7 heterocycles. The lowest BCUT2D eigenvalue weighted by atomic mass is 9.55. The van der Waals surface area contributed by atoms with Crippen molar-refractivity contribution >= 4 is 77.3 Å². The van der Waals surface area contributed by atoms with Crippen molar-refractivity contribution in [2.75, 3.05) is 13.2 Å². The number of benzene rings is 1. The molecule has 6 aliphatic rings. The van der Waals surface area contributed by atoms with E-state index in [9.17, 15) is 53.2 Å². The van der Waals surface area contributed by atoms with Crippen LogP contribution in [0.15, 0.2) is 67.8 Å². The molecule has 28 heteroatoms. The Bertz CT molecular complexity index is 3540. The van der Waals surface area contributed by atoms with Crippen LogP contribution in [0.5, 0.6) is 0 Å². The SMILES string of the molecule is CC1=C2N=C(C=C3N/C(=C(/C)C4=N[C@@](C)([C@@H]5N=C1[C@](C)(CCC(=O)NC[C@@H](C)OP(=O)(O)O[C@H]1[C@@H](O)[C@@H](n6cnc7cc(C)c(C)cc76)O[C@@H]1CO)[C@H]5CC(N)=O)[C@@](C)(CC(N)=O)[C@@H]4CCC(N)=O)C(C)(CC(N)=O)[C@@H]3CCC(N)=O)C(C)(C)[C@@H]2CCC(N)=O. The molecular weight excluding hydrogens is 1180 g/mol. The summed E-state index contributed by atoms with van der Waals surface area (Å²) in [6, 6.07) is 2.70. The summed E-state index contributed by atoms with van der Waals surface area (Å²) in [4.78, 5) is 126. The number of fused-ring (bicyclic) bond motifs is 7. The largest absolute Gasteiger partial charge is 0.472 e. The van der Waals surface area contributed by atoms with Gasteiger partial charge in [0.15, 0.2) is 6.23 Å². The molecule has 17 N–H and O–H groups in total. The van der Waals surface area contributed by atoms with E-state index < -0.39 is 143 Å². The number of ether oxygens (including phenoxy) is 1. The Morgan fingerprint density at radius 3 is 1.99 bits per heavy atom. The number of hydrogen-bond donors (Lipinski definition) is 11. The predicted molar refractivity (Wildman–Crippen MR) is 334 cm³/mol. The fourth-order valence-electron chi connectivity index (χ4n) is 15.4. The van der Waals surface area contributed by atoms with Crippen LogP contribution >= 0.6 is 7.82 Å². The highest BCUT2D eigenvalue weighted by Crippen LogP contribution is 2.63. The Morgan fingerprint density at radius 2 is 1.40 bits per heavy atom. The summed E-state index contributed by atoms with van der Waals surface area (Å²) in [5, 5.41) is 28.2. The second kappa shape index (κ2) is 25.6. The molecule has 0 spiro atoms. The van der Waals surface area contributed by atoms with Crippen LogP contribution < -0.4 is 45.0 Å². The van der Waals surface area contributed by atoms with Gasteiger partial charge in [-0.3, -0.25) is 57.6 Å². The van der Waals surface area contributed by atoms with Crippen molar-refractivity contribution in [3.05, 3.63) is 63.9 Å². The number of amides is 7. The smallest absolute Gasteiger partial charge is 0.394 e. The highest BCUT2D eigenvalue weighted by atomic mass is 31.2. The zero-order valence-electron chi connectivity index (χ0n) is 53.3. The molecule has 1 aromatic carbocycles. The van der Waals surface area contributed by atoms with Gasteiger partial charge in [-0.25, -0.2) is 9.55 Å². The molecule has 0 radical (unpaired) electrons. The second-order valence-corrected chi connectivity index (χ2v) is 28.4. The first-order valence-corrected chi connectivity index (χ1v) is 32.1. The number of carbonyl (C=O) groups excluding carboxylic acids is 7. The molecule has 7 amide bonds. The van der Waals surface area contributed by atoms with Crippen molar-refractivity contribution in [2.24, 2.45) is 94.7 Å². The topological polar surface area (TPSA) is 460 Å². The Hall–Kier alpha value is -7.00. The van der Waals surface area contributed by atoms with E-state index in [4.69, 9.17) is 63.2 Å². The molecule has 0 saturated carbocycles. The first kappa shape index (κ1) is 68.9. The maximum absolute atomic E-state index is 14.4. The van der Waals surface area contributed by atoms with Gasteiger partial charge in [0.25, 0.3) is 0 Å². The lowest BCUT2D eigenvalue weighted by Gasteiger charge is -2.48. The third-order valence-electron chi connectivity index (χ3n) is 20.6. The molecule has 8 rings (SSSR count). The van der Waals surface area contributed by atoms with Crippen LogP contribution in [-0.4, -0.2) is 132 Å². The van der Waals surface area contributed by atoms with Gasteiger partial charge in [0.1, 0.15) is 18.3 Å². The van der Waals surface area contributed by atoms with Crippen molar-refractivity contribution in [3.63, 3.8) is 0 Å². The summed E-state index contributed by atoms with van der Waals surface area (Å²) < 4.78 is 32.3. The summed E-state index contributed by atoms with van der Waals surface area (Å²) in [7, 11) is -5.07. The standard InChI is InChI=1S/C62H90N13O14P/c1-29-20-39-40(21-30(29)2)75(28-70-39)57-52(84)53(41(27-76)87-57)89-90(85,86)88-31(3)26-69-49(83)18-19-59(8)37(22-46(66)80)56-62(11)61(10,25-48(68)82)36(14-17-45(65)79)51(74-62)33(5)55-60(9,24-47(67)81)34(12-15-43(63)77)38(71-55)23-42-58(6,7)35(13-16-44(64)78)50(72-42)32(4)54(59)73-56/h20-21,23,28,31,34-37,41,52-53,56-57,71,76,84H,12-19,22,24-27H2,1-11H3,(H2,63,77)(H2,64,78)(H2,65,79)(H2,66,80)(H2,67,81)(H2,68,82)(H,69,83)(H,85,86)/b38-23?,50-32?,55-33-/t31-,34-,35-,36-,37+,41-,52-,53-,56-,57+,59-,60?,61+,62+/m1/s1. The number of aliphatic hydroxyl groups is 2. The third kappa shape index (κ3) is 13.0. The van der Waals surface area contributed by atoms with Crippen LogP contribution in [-0.2, 0) is 51.9 Å². The maximum atomic E-state index is 14.4. The van der Waals surface area contributed by atoms with E-state index in [2.05, 4.69) is 15.6 Å². The molecule has 2 aromatic rings. The number of aryl methyl sites for hydroxylation is 2. The number of hydrogen-bond acceptors (Lipinski definition) is 18. The number of nitrogens with one attached hydrogen (secondary N) is 2. The monoisotopic (exact) mass is 1270 g/mol. The Kier molecular flexibility index (Phi) is 19.6. The normalized spacial score (nSPS) is 32.8. The molecule has 2 saturated heterocycles. The molecule has 8 bridgehead atoms. The zero-order chi connectivity index (χ0) is 66.7. The van der Waals surface area contributed by atoms with Crippen LogP contribution in [0.3, 0.4) is 0 Å². The van der Waals surface area contributed by atoms with Gasteiger partial charge in [-0.15, -0.1) is 0 Å². The summed E-state index contributed by atoms with van der Waals surface area (Å²) in [5.41, 5.74) is 37.4. The molecule has 0 aliphatic carbocycles. The molecule has 15 atom stereocenters. The number of aliphatic imine (C=N–C) groups is 3. The van der Waals surface area contributed by atoms with Crippen molar-refractivity contribution in [1.29, 1.82) is 0 Å². The van der Waals surface area contributed by atoms with Crippen molar-refractivity contribution < 1.29 is 67.0 Å². The Morgan fingerprint density at radius 1 is 0.800 bits per heavy atom. The first-order chi connectivity index (χ1) is 41.8. The van der Waals surface area contributed by atoms with E-state index >= 15 is 0 Å². The quantitative estimate of drug-likeness (QED) is 0.0603. The number of phosphoric ester groups is 1. The number of rotatable bonds is 26. The summed E-state index contributed by atoms with van der Waals surface area (Å²) in [5.74, 6) is -7.18. The number of allylic oxidation sites excluding steroid dienone is 6. The molecule has 6 aliphatic heterocycles. The number of nitrogens with zero attached hydrogens (tertiary/aromatic N) is 5. The van der Waals surface area contributed by atoms with Gasteiger partial charge in [-0.1, -0.05) is 34.6 Å². The summed E-state index contributed by atoms with van der Waals surface area (Å²) >= 11 is 0. The van der Waals surface area contributed by atoms with Gasteiger partial charge < -0.3 is 69.4 Å². The van der Waals surface area contributed by atoms with Crippen molar-refractivity contribution in [2.45, 2.75) is 189 Å². The van der Waals surface area contributed by atoms with Crippen molar-refractivity contribution in [3.8, 4) is 0 Å². The van der Waals surface area contributed by atoms with E-state index in [0.717, 1.165) is 11.1 Å². The first-order valence-electron chi connectivity index (χ1n) is 30.6. The molecule has 90 heavy (non-hydrogen) atoms. The Balaban J connectivity index is 1.19. The molecule has 492 valence electrons. The molecule has 27 nitrogen and oxygen atoms in total. The lowest BCUT2D eigenvalue weighted by molar-refractivity contribution is -0.124. The highest BCUT2D eigenvalue weighted by molar-refractivity contribution is 7.47. The predicted octanol–water partition coefficient (Wildman–Crippen LogP) is 3.16. The minimum absolute atomic E-state index is 0.0114. The average molecular weight is 1270 g/mol. The zero-order valence-corrected chi connectivity index (χ0v) is 54.1. The van der Waals surface area contributed by atoms with Gasteiger partial charge in [0.2, 0.25) is 41.4 Å². The van der Waals surface area contributed by atoms with Gasteiger partial charge in [-0.05, 0) is 108 Å². The molecule has 2 unspecified atom stereocenters. The average Bonchev–Trinajstić information content (AvgIpc) is 1.53. The fourth-order valence-corrected chi connectivity index (χ4v) is 16.6. The van der Waals surface area contributed by atoms with E-state index in [-0.39, 0.29) is 77.2 Å². The van der Waals surface area contributed by atoms with Crippen LogP contribution in [0.4, 0.5) is 0 Å². The van der Waals surface area contributed by atoms with E-state index in [0.29, 0.717) is 56.4 Å². The molecule has 1 aromatic heterocycles. The van der Waals surface area contributed by atoms with Crippen LogP contribution in [0.25, 0.3) is 11.0 Å². The van der Waals surface area contributed by atoms with Gasteiger partial charge in [-0.2, -0.15) is 0 Å². The van der Waals surface area contributed by atoms with Gasteiger partial charge in [0, 0.05) is 131 Å². The third-order valence-corrected chi connectivity index (χ3v) is 21.7. The fraction of sp³-hybridized carbons (Fsp3) is 0.629. The number of phosphoric acid groups is 1. The van der Waals surface area contributed by atoms with Crippen LogP contribution in [0.2, 0.25) is 0 Å². The highest BCUT2D eigenvalue weighted by Gasteiger charge is 2.66. The number of imidazole rings is 1.